The number of hydrogen-bond acceptors (Lipinski definition) is 2. The molecule has 2 nitrogen and oxygen atoms in total. The summed E-state index contributed by atoms with van der Waals surface area (Å²) in [6, 6.07) is 0. The van der Waals surface area contributed by atoms with Gasteiger partial charge in [-0.3, -0.25) is 0 Å². The van der Waals surface area contributed by atoms with E-state index in [1.54, 1.807) is 0 Å². The van der Waals surface area contributed by atoms with E-state index in [9.17, 15) is 0 Å². The van der Waals surface area contributed by atoms with Gasteiger partial charge in [0.1, 0.15) is 0 Å². The smallest absolute Gasteiger partial charge is 0.0937 e. The predicted octanol–water partition coefficient (Wildman–Crippen LogP) is 0.954. The fraction of sp³-hybridized carbons (Fsp3) is 1.00. The van der Waals surface area contributed by atoms with Crippen molar-refractivity contribution in [3.63, 3.8) is 0 Å². The lowest BCUT2D eigenvalue weighted by atomic mass is 9.99. The molecule has 2 aliphatic rings. The van der Waals surface area contributed by atoms with E-state index in [0.717, 1.165) is 26.1 Å². The summed E-state index contributed by atoms with van der Waals surface area (Å²) in [5, 5.41) is 0. The summed E-state index contributed by atoms with van der Waals surface area (Å²) in [4.78, 5) is 0. The Labute approximate surface area is 55.1 Å². The molecule has 0 aromatic carbocycles. The zero-order valence-electron chi connectivity index (χ0n) is 5.72. The molecule has 0 unspecified atom stereocenters. The van der Waals surface area contributed by atoms with Crippen molar-refractivity contribution < 1.29 is 9.47 Å². The first kappa shape index (κ1) is 5.69. The van der Waals surface area contributed by atoms with Crippen molar-refractivity contribution in [1.29, 1.82) is 0 Å². The second-order valence-corrected chi connectivity index (χ2v) is 3.06. The third-order valence-electron chi connectivity index (χ3n) is 2.41. The van der Waals surface area contributed by atoms with Gasteiger partial charge in [0.05, 0.1) is 18.3 Å². The standard InChI is InChI=1S/C7H12O2/c1-7-3-5-8-6(7)2-4-9-7/h6H,2-5H2,1H3/t6-,7-/m1/s1. The van der Waals surface area contributed by atoms with Gasteiger partial charge in [0.15, 0.2) is 0 Å². The van der Waals surface area contributed by atoms with Crippen LogP contribution in [0.1, 0.15) is 19.8 Å². The Morgan fingerprint density at radius 3 is 3.11 bits per heavy atom. The highest BCUT2D eigenvalue weighted by atomic mass is 16.6. The van der Waals surface area contributed by atoms with Crippen molar-refractivity contribution in [2.24, 2.45) is 0 Å². The van der Waals surface area contributed by atoms with Crippen LogP contribution >= 0.6 is 0 Å². The normalized spacial score (nSPS) is 49.7. The van der Waals surface area contributed by atoms with E-state index in [4.69, 9.17) is 9.47 Å². The lowest BCUT2D eigenvalue weighted by Gasteiger charge is -2.19. The number of hydrogen-bond donors (Lipinski definition) is 0. The molecule has 0 aromatic rings. The van der Waals surface area contributed by atoms with Gasteiger partial charge in [-0.15, -0.1) is 0 Å². The summed E-state index contributed by atoms with van der Waals surface area (Å²) in [6.07, 6.45) is 2.58. The maximum atomic E-state index is 5.54. The zero-order valence-corrected chi connectivity index (χ0v) is 5.72. The minimum Gasteiger partial charge on any atom is -0.375 e. The van der Waals surface area contributed by atoms with Gasteiger partial charge in [0, 0.05) is 13.0 Å². The maximum absolute atomic E-state index is 5.54. The topological polar surface area (TPSA) is 18.5 Å². The molecule has 2 aliphatic heterocycles. The quantitative estimate of drug-likeness (QED) is 0.483. The van der Waals surface area contributed by atoms with Crippen molar-refractivity contribution in [3.05, 3.63) is 0 Å². The van der Waals surface area contributed by atoms with Crippen LogP contribution < -0.4 is 0 Å². The van der Waals surface area contributed by atoms with Gasteiger partial charge in [-0.05, 0) is 13.3 Å². The van der Waals surface area contributed by atoms with E-state index >= 15 is 0 Å². The van der Waals surface area contributed by atoms with Crippen LogP contribution in [-0.2, 0) is 9.47 Å². The van der Waals surface area contributed by atoms with Crippen LogP contribution in [0, 0.1) is 0 Å². The van der Waals surface area contributed by atoms with Crippen molar-refractivity contribution >= 4 is 0 Å². The highest BCUT2D eigenvalue weighted by molar-refractivity contribution is 4.93. The van der Waals surface area contributed by atoms with Crippen LogP contribution in [-0.4, -0.2) is 24.9 Å². The molecule has 2 heterocycles. The third-order valence-corrected chi connectivity index (χ3v) is 2.41. The van der Waals surface area contributed by atoms with Gasteiger partial charge < -0.3 is 9.47 Å². The van der Waals surface area contributed by atoms with Gasteiger partial charge in [-0.25, -0.2) is 0 Å². The van der Waals surface area contributed by atoms with Crippen molar-refractivity contribution in [2.75, 3.05) is 13.2 Å². The molecule has 0 aromatic heterocycles. The van der Waals surface area contributed by atoms with Crippen LogP contribution in [0.5, 0.6) is 0 Å². The predicted molar refractivity (Wildman–Crippen MR) is 33.3 cm³/mol. The Kier molecular flexibility index (Phi) is 1.08. The largest absolute Gasteiger partial charge is 0.375 e. The molecule has 0 spiro atoms. The Morgan fingerprint density at radius 1 is 1.44 bits per heavy atom. The third kappa shape index (κ3) is 0.700. The van der Waals surface area contributed by atoms with Gasteiger partial charge in [-0.1, -0.05) is 0 Å². The van der Waals surface area contributed by atoms with E-state index in [2.05, 4.69) is 6.92 Å². The second kappa shape index (κ2) is 1.70. The molecule has 2 rings (SSSR count). The van der Waals surface area contributed by atoms with Gasteiger partial charge in [0.25, 0.3) is 0 Å². The monoisotopic (exact) mass is 128 g/mol. The van der Waals surface area contributed by atoms with Gasteiger partial charge in [-0.2, -0.15) is 0 Å². The number of fused-ring (bicyclic) bond motifs is 1. The number of rotatable bonds is 0. The van der Waals surface area contributed by atoms with Gasteiger partial charge >= 0.3 is 0 Å². The lowest BCUT2D eigenvalue weighted by Crippen LogP contribution is -2.30. The highest BCUT2D eigenvalue weighted by Gasteiger charge is 2.44. The minimum atomic E-state index is 0.0833. The van der Waals surface area contributed by atoms with E-state index in [0.29, 0.717) is 6.10 Å². The van der Waals surface area contributed by atoms with Crippen LogP contribution in [0.3, 0.4) is 0 Å². The summed E-state index contributed by atoms with van der Waals surface area (Å²) in [7, 11) is 0. The summed E-state index contributed by atoms with van der Waals surface area (Å²) >= 11 is 0. The molecule has 52 valence electrons. The van der Waals surface area contributed by atoms with Crippen LogP contribution in [0.25, 0.3) is 0 Å². The molecule has 0 bridgehead atoms. The summed E-state index contributed by atoms with van der Waals surface area (Å²) in [6.45, 7) is 3.93. The van der Waals surface area contributed by atoms with Gasteiger partial charge in [0.2, 0.25) is 0 Å². The summed E-state index contributed by atoms with van der Waals surface area (Å²) < 4.78 is 11.0. The first-order chi connectivity index (χ1) is 4.31. The average molecular weight is 128 g/mol. The SMILES string of the molecule is C[C@@]12CCO[C@@H]1CCO2. The molecular weight excluding hydrogens is 116 g/mol. The molecule has 2 heteroatoms. The lowest BCUT2D eigenvalue weighted by molar-refractivity contribution is -0.00576. The molecule has 9 heavy (non-hydrogen) atoms. The van der Waals surface area contributed by atoms with Crippen molar-refractivity contribution in [1.82, 2.24) is 0 Å². The van der Waals surface area contributed by atoms with Crippen LogP contribution in [0.4, 0.5) is 0 Å². The van der Waals surface area contributed by atoms with Crippen LogP contribution in [0.15, 0.2) is 0 Å². The Balaban J connectivity index is 2.17. The first-order valence-corrected chi connectivity index (χ1v) is 3.57. The van der Waals surface area contributed by atoms with E-state index in [1.165, 1.54) is 0 Å². The number of ether oxygens (including phenoxy) is 2. The molecule has 2 fully saturated rings. The fourth-order valence-electron chi connectivity index (χ4n) is 1.69. The van der Waals surface area contributed by atoms with E-state index < -0.39 is 0 Å². The molecule has 0 radical (unpaired) electrons. The first-order valence-electron chi connectivity index (χ1n) is 3.57. The van der Waals surface area contributed by atoms with E-state index in [1.807, 2.05) is 0 Å². The molecule has 0 aliphatic carbocycles. The molecule has 0 N–H and O–H groups in total. The fourth-order valence-corrected chi connectivity index (χ4v) is 1.69. The van der Waals surface area contributed by atoms with E-state index in [-0.39, 0.29) is 5.60 Å². The molecule has 0 amide bonds. The summed E-state index contributed by atoms with van der Waals surface area (Å²) in [5.41, 5.74) is 0.0833. The highest BCUT2D eigenvalue weighted by Crippen LogP contribution is 2.36. The molecule has 0 saturated carbocycles. The molecular formula is C7H12O2. The zero-order chi connectivity index (χ0) is 6.32. The van der Waals surface area contributed by atoms with Crippen molar-refractivity contribution in [3.8, 4) is 0 Å². The molecule has 2 saturated heterocycles. The van der Waals surface area contributed by atoms with Crippen molar-refractivity contribution in [2.45, 2.75) is 31.5 Å². The Bertz CT molecular complexity index is 112. The maximum Gasteiger partial charge on any atom is 0.0937 e. The Hall–Kier alpha value is -0.0800. The second-order valence-electron chi connectivity index (χ2n) is 3.06. The summed E-state index contributed by atoms with van der Waals surface area (Å²) in [5.74, 6) is 0. The van der Waals surface area contributed by atoms with Crippen LogP contribution in [0.2, 0.25) is 0 Å². The molecule has 2 atom stereocenters. The average Bonchev–Trinajstić information content (AvgIpc) is 2.22. The Morgan fingerprint density at radius 2 is 2.33 bits per heavy atom. The minimum absolute atomic E-state index is 0.0833.